The quantitative estimate of drug-likeness (QED) is 0.790. The second-order valence-corrected chi connectivity index (χ2v) is 5.50. The van der Waals surface area contributed by atoms with Gasteiger partial charge in [-0.05, 0) is 18.2 Å². The van der Waals surface area contributed by atoms with Gasteiger partial charge in [0.05, 0.1) is 29.4 Å². The van der Waals surface area contributed by atoms with Crippen LogP contribution in [0.4, 0.5) is 5.69 Å². The Morgan fingerprint density at radius 1 is 1.29 bits per heavy atom. The monoisotopic (exact) mass is 343 g/mol. The van der Waals surface area contributed by atoms with E-state index in [4.69, 9.17) is 16.3 Å². The molecular formula is C17H14ClN3O3. The van der Waals surface area contributed by atoms with Gasteiger partial charge in [0, 0.05) is 11.5 Å². The third-order valence-corrected chi connectivity index (χ3v) is 3.82. The van der Waals surface area contributed by atoms with Gasteiger partial charge < -0.3 is 10.1 Å². The number of fused-ring (bicyclic) bond motifs is 1. The van der Waals surface area contributed by atoms with Gasteiger partial charge in [-0.2, -0.15) is 5.10 Å². The average Bonchev–Trinajstić information content (AvgIpc) is 2.59. The van der Waals surface area contributed by atoms with Crippen LogP contribution >= 0.6 is 11.6 Å². The van der Waals surface area contributed by atoms with E-state index in [2.05, 4.69) is 10.4 Å². The Kier molecular flexibility index (Phi) is 4.48. The number of ether oxygens (including phenoxy) is 1. The molecule has 6 nitrogen and oxygen atoms in total. The van der Waals surface area contributed by atoms with Crippen LogP contribution in [0.5, 0.6) is 5.75 Å². The van der Waals surface area contributed by atoms with Crippen molar-refractivity contribution < 1.29 is 9.53 Å². The number of anilines is 1. The molecule has 1 N–H and O–H groups in total. The second-order valence-electron chi connectivity index (χ2n) is 5.09. The van der Waals surface area contributed by atoms with Crippen LogP contribution in [0.25, 0.3) is 10.8 Å². The maximum absolute atomic E-state index is 12.3. The van der Waals surface area contributed by atoms with E-state index in [0.29, 0.717) is 21.8 Å². The first kappa shape index (κ1) is 16.0. The number of carbonyl (C=O) groups excluding carboxylic acids is 1. The first-order chi connectivity index (χ1) is 11.6. The van der Waals surface area contributed by atoms with Crippen molar-refractivity contribution in [2.75, 3.05) is 12.4 Å². The molecule has 1 aromatic heterocycles. The van der Waals surface area contributed by atoms with E-state index in [1.165, 1.54) is 7.11 Å². The SMILES string of the molecule is COc1ccc(NC(=O)Cn2ncc3ccccc3c2=O)c(Cl)c1. The van der Waals surface area contributed by atoms with Crippen molar-refractivity contribution in [2.45, 2.75) is 6.54 Å². The highest BCUT2D eigenvalue weighted by atomic mass is 35.5. The molecule has 0 radical (unpaired) electrons. The number of hydrogen-bond acceptors (Lipinski definition) is 4. The average molecular weight is 344 g/mol. The van der Waals surface area contributed by atoms with Gasteiger partial charge in [0.15, 0.2) is 0 Å². The molecule has 0 atom stereocenters. The molecule has 0 unspecified atom stereocenters. The number of aromatic nitrogens is 2. The van der Waals surface area contributed by atoms with Gasteiger partial charge in [-0.25, -0.2) is 4.68 Å². The van der Waals surface area contributed by atoms with Gasteiger partial charge in [0.2, 0.25) is 5.91 Å². The maximum atomic E-state index is 12.3. The van der Waals surface area contributed by atoms with Crippen LogP contribution in [0.15, 0.2) is 53.5 Å². The molecule has 0 saturated carbocycles. The Labute approximate surface area is 142 Å². The molecule has 1 amide bonds. The third kappa shape index (κ3) is 3.23. The lowest BCUT2D eigenvalue weighted by molar-refractivity contribution is -0.117. The van der Waals surface area contributed by atoms with E-state index in [9.17, 15) is 9.59 Å². The summed E-state index contributed by atoms with van der Waals surface area (Å²) in [7, 11) is 1.53. The van der Waals surface area contributed by atoms with Crippen LogP contribution < -0.4 is 15.6 Å². The lowest BCUT2D eigenvalue weighted by Crippen LogP contribution is -2.29. The summed E-state index contributed by atoms with van der Waals surface area (Å²) < 4.78 is 6.17. The lowest BCUT2D eigenvalue weighted by Gasteiger charge is -2.10. The fourth-order valence-electron chi connectivity index (χ4n) is 2.29. The summed E-state index contributed by atoms with van der Waals surface area (Å²) in [6, 6.07) is 12.0. The number of methoxy groups -OCH3 is 1. The van der Waals surface area contributed by atoms with Gasteiger partial charge in [0.1, 0.15) is 12.3 Å². The van der Waals surface area contributed by atoms with Gasteiger partial charge in [-0.3, -0.25) is 9.59 Å². The number of hydrogen-bond donors (Lipinski definition) is 1. The topological polar surface area (TPSA) is 73.2 Å². The summed E-state index contributed by atoms with van der Waals surface area (Å²) >= 11 is 6.09. The van der Waals surface area contributed by atoms with E-state index >= 15 is 0 Å². The molecule has 3 rings (SSSR count). The third-order valence-electron chi connectivity index (χ3n) is 3.51. The number of carbonyl (C=O) groups is 1. The second kappa shape index (κ2) is 6.72. The molecule has 7 heteroatoms. The number of benzene rings is 2. The van der Waals surface area contributed by atoms with Crippen molar-refractivity contribution >= 4 is 34.0 Å². The van der Waals surface area contributed by atoms with Crippen LogP contribution in [-0.2, 0) is 11.3 Å². The summed E-state index contributed by atoms with van der Waals surface area (Å²) in [5.74, 6) is 0.192. The summed E-state index contributed by atoms with van der Waals surface area (Å²) in [6.07, 6.45) is 1.56. The Morgan fingerprint density at radius 3 is 2.83 bits per heavy atom. The van der Waals surface area contributed by atoms with Crippen molar-refractivity contribution in [3.63, 3.8) is 0 Å². The Bertz CT molecular complexity index is 969. The van der Waals surface area contributed by atoms with Crippen LogP contribution in [0.1, 0.15) is 0 Å². The van der Waals surface area contributed by atoms with E-state index < -0.39 is 5.91 Å². The minimum absolute atomic E-state index is 0.202. The molecule has 0 spiro atoms. The van der Waals surface area contributed by atoms with Gasteiger partial charge >= 0.3 is 0 Å². The first-order valence-corrected chi connectivity index (χ1v) is 7.54. The van der Waals surface area contributed by atoms with Gasteiger partial charge in [-0.15, -0.1) is 0 Å². The summed E-state index contributed by atoms with van der Waals surface area (Å²) in [6.45, 7) is -0.202. The molecule has 3 aromatic rings. The number of halogens is 1. The molecule has 122 valence electrons. The highest BCUT2D eigenvalue weighted by Gasteiger charge is 2.10. The first-order valence-electron chi connectivity index (χ1n) is 7.17. The van der Waals surface area contributed by atoms with Gasteiger partial charge in [0.25, 0.3) is 5.56 Å². The predicted molar refractivity (Wildman–Crippen MR) is 92.6 cm³/mol. The number of nitrogens with zero attached hydrogens (tertiary/aromatic N) is 2. The molecule has 0 aliphatic heterocycles. The number of rotatable bonds is 4. The molecule has 0 saturated heterocycles. The maximum Gasteiger partial charge on any atom is 0.275 e. The molecule has 2 aromatic carbocycles. The fourth-order valence-corrected chi connectivity index (χ4v) is 2.51. The van der Waals surface area contributed by atoms with E-state index in [-0.39, 0.29) is 12.1 Å². The van der Waals surface area contributed by atoms with Crippen molar-refractivity contribution in [3.05, 3.63) is 64.0 Å². The minimum Gasteiger partial charge on any atom is -0.497 e. The van der Waals surface area contributed by atoms with Crippen LogP contribution in [0.2, 0.25) is 5.02 Å². The number of nitrogens with one attached hydrogen (secondary N) is 1. The zero-order valence-corrected chi connectivity index (χ0v) is 13.6. The Hall–Kier alpha value is -2.86. The van der Waals surface area contributed by atoms with Crippen LogP contribution in [-0.4, -0.2) is 22.8 Å². The number of amides is 1. The van der Waals surface area contributed by atoms with Crippen LogP contribution in [0, 0.1) is 0 Å². The summed E-state index contributed by atoms with van der Waals surface area (Å²) in [5, 5.41) is 8.29. The molecule has 1 heterocycles. The van der Waals surface area contributed by atoms with Crippen molar-refractivity contribution in [2.24, 2.45) is 0 Å². The zero-order chi connectivity index (χ0) is 17.1. The van der Waals surface area contributed by atoms with E-state index in [1.54, 1.807) is 42.6 Å². The largest absolute Gasteiger partial charge is 0.497 e. The standard InChI is InChI=1S/C17H14ClN3O3/c1-24-12-6-7-15(14(18)8-12)20-16(22)10-21-17(23)13-5-3-2-4-11(13)9-19-21/h2-9H,10H2,1H3,(H,20,22). The van der Waals surface area contributed by atoms with Gasteiger partial charge in [-0.1, -0.05) is 29.8 Å². The van der Waals surface area contributed by atoms with Crippen LogP contribution in [0.3, 0.4) is 0 Å². The highest BCUT2D eigenvalue weighted by molar-refractivity contribution is 6.33. The Balaban J connectivity index is 1.80. The highest BCUT2D eigenvalue weighted by Crippen LogP contribution is 2.26. The lowest BCUT2D eigenvalue weighted by atomic mass is 10.2. The minimum atomic E-state index is -0.396. The Morgan fingerprint density at radius 2 is 2.08 bits per heavy atom. The normalized spacial score (nSPS) is 10.6. The van der Waals surface area contributed by atoms with Crippen molar-refractivity contribution in [3.8, 4) is 5.75 Å². The molecule has 0 bridgehead atoms. The van der Waals surface area contributed by atoms with E-state index in [1.807, 2.05) is 6.07 Å². The molecule has 0 aliphatic rings. The van der Waals surface area contributed by atoms with E-state index in [0.717, 1.165) is 10.1 Å². The van der Waals surface area contributed by atoms with Crippen molar-refractivity contribution in [1.29, 1.82) is 0 Å². The molecule has 24 heavy (non-hydrogen) atoms. The summed E-state index contributed by atoms with van der Waals surface area (Å²) in [5.41, 5.74) is 0.125. The zero-order valence-electron chi connectivity index (χ0n) is 12.8. The predicted octanol–water partition coefficient (Wildman–Crippen LogP) is 2.70. The molecule has 0 aliphatic carbocycles. The fraction of sp³-hybridized carbons (Fsp3) is 0.118. The summed E-state index contributed by atoms with van der Waals surface area (Å²) in [4.78, 5) is 24.5. The van der Waals surface area contributed by atoms with Crippen molar-refractivity contribution in [1.82, 2.24) is 9.78 Å². The molecule has 0 fully saturated rings. The smallest absolute Gasteiger partial charge is 0.275 e. The molecular weight excluding hydrogens is 330 g/mol.